The van der Waals surface area contributed by atoms with Gasteiger partial charge >= 0.3 is 0 Å². The average Bonchev–Trinajstić information content (AvgIpc) is 2.98. The lowest BCUT2D eigenvalue weighted by molar-refractivity contribution is -0.384. The maximum absolute atomic E-state index is 13.1. The Kier molecular flexibility index (Phi) is 7.18. The number of nitrogens with zero attached hydrogens (tertiary/aromatic N) is 3. The fourth-order valence-corrected chi connectivity index (χ4v) is 3.48. The first kappa shape index (κ1) is 21.5. The van der Waals surface area contributed by atoms with Crippen molar-refractivity contribution in [2.24, 2.45) is 0 Å². The summed E-state index contributed by atoms with van der Waals surface area (Å²) in [4.78, 5) is 27.3. The van der Waals surface area contributed by atoms with Gasteiger partial charge in [-0.15, -0.1) is 0 Å². The van der Waals surface area contributed by atoms with Gasteiger partial charge in [-0.25, -0.2) is 4.39 Å². The number of non-ortho nitro benzene ring substituents is 1. The third-order valence-corrected chi connectivity index (χ3v) is 5.10. The van der Waals surface area contributed by atoms with Crippen molar-refractivity contribution in [3.05, 3.63) is 58.4 Å². The number of carbonyl (C=O) groups is 1. The van der Waals surface area contributed by atoms with E-state index in [4.69, 9.17) is 4.74 Å². The van der Waals surface area contributed by atoms with Gasteiger partial charge in [0, 0.05) is 50.4 Å². The topological polar surface area (TPSA) is 87.9 Å². The van der Waals surface area contributed by atoms with E-state index in [0.717, 1.165) is 38.3 Å². The fraction of sp³-hybridized carbons (Fsp3) is 0.381. The molecule has 0 aromatic heterocycles. The van der Waals surface area contributed by atoms with Crippen molar-refractivity contribution >= 4 is 23.0 Å². The van der Waals surface area contributed by atoms with Gasteiger partial charge in [0.15, 0.2) is 0 Å². The van der Waals surface area contributed by atoms with Crippen LogP contribution in [0.5, 0.6) is 5.75 Å². The number of hydrogen-bond acceptors (Lipinski definition) is 6. The molecule has 160 valence electrons. The van der Waals surface area contributed by atoms with Crippen LogP contribution in [0.25, 0.3) is 0 Å². The molecule has 2 aromatic carbocycles. The molecule has 1 amide bonds. The Labute approximate surface area is 174 Å². The first-order chi connectivity index (χ1) is 14.5. The Bertz CT molecular complexity index is 891. The summed E-state index contributed by atoms with van der Waals surface area (Å²) >= 11 is 0. The van der Waals surface area contributed by atoms with Gasteiger partial charge in [-0.3, -0.25) is 14.9 Å². The zero-order chi connectivity index (χ0) is 21.5. The highest BCUT2D eigenvalue weighted by molar-refractivity contribution is 5.92. The lowest BCUT2D eigenvalue weighted by Crippen LogP contribution is -2.32. The van der Waals surface area contributed by atoms with Crippen molar-refractivity contribution in [1.29, 1.82) is 0 Å². The van der Waals surface area contributed by atoms with E-state index in [2.05, 4.69) is 15.1 Å². The van der Waals surface area contributed by atoms with Crippen molar-refractivity contribution in [1.82, 2.24) is 4.90 Å². The van der Waals surface area contributed by atoms with Crippen LogP contribution in [-0.4, -0.2) is 55.6 Å². The van der Waals surface area contributed by atoms with Gasteiger partial charge in [0.05, 0.1) is 17.7 Å². The van der Waals surface area contributed by atoms with Gasteiger partial charge in [-0.05, 0) is 43.3 Å². The summed E-state index contributed by atoms with van der Waals surface area (Å²) in [7, 11) is 1.45. The molecule has 0 spiro atoms. The second-order valence-electron chi connectivity index (χ2n) is 7.10. The maximum Gasteiger partial charge on any atom is 0.271 e. The number of amides is 1. The number of ether oxygens (including phenoxy) is 1. The lowest BCUT2D eigenvalue weighted by atomic mass is 10.2. The van der Waals surface area contributed by atoms with Crippen LogP contribution in [0.1, 0.15) is 12.8 Å². The smallest absolute Gasteiger partial charge is 0.271 e. The predicted octanol–water partition coefficient (Wildman–Crippen LogP) is 3.28. The molecular formula is C21H25FN4O4. The maximum atomic E-state index is 13.1. The van der Waals surface area contributed by atoms with Crippen LogP contribution >= 0.6 is 0 Å². The van der Waals surface area contributed by atoms with Gasteiger partial charge in [0.1, 0.15) is 11.6 Å². The first-order valence-electron chi connectivity index (χ1n) is 9.81. The Balaban J connectivity index is 1.52. The molecule has 1 saturated heterocycles. The van der Waals surface area contributed by atoms with Crippen LogP contribution in [-0.2, 0) is 4.79 Å². The number of nitro groups is 1. The molecule has 0 saturated carbocycles. The number of carbonyl (C=O) groups excluding carboxylic acids is 1. The molecule has 1 heterocycles. The van der Waals surface area contributed by atoms with Gasteiger partial charge < -0.3 is 19.9 Å². The van der Waals surface area contributed by atoms with Gasteiger partial charge in [0.2, 0.25) is 5.91 Å². The van der Waals surface area contributed by atoms with Crippen LogP contribution in [0.15, 0.2) is 42.5 Å². The van der Waals surface area contributed by atoms with E-state index in [1.807, 2.05) is 0 Å². The summed E-state index contributed by atoms with van der Waals surface area (Å²) in [6, 6.07) is 10.6. The number of rotatable bonds is 7. The minimum atomic E-state index is -0.515. The third-order valence-electron chi connectivity index (χ3n) is 5.10. The number of halogens is 1. The van der Waals surface area contributed by atoms with E-state index in [0.29, 0.717) is 12.3 Å². The molecule has 1 aliphatic heterocycles. The zero-order valence-corrected chi connectivity index (χ0v) is 16.8. The SMILES string of the molecule is COc1ccc([N+](=O)[O-])cc1NC(=O)CCN1CCCN(c2ccc(F)cc2)CC1. The Morgan fingerprint density at radius 1 is 1.17 bits per heavy atom. The van der Waals surface area contributed by atoms with Crippen molar-refractivity contribution < 1.29 is 18.8 Å². The molecular weight excluding hydrogens is 391 g/mol. The molecule has 8 nitrogen and oxygen atoms in total. The highest BCUT2D eigenvalue weighted by atomic mass is 19.1. The van der Waals surface area contributed by atoms with E-state index in [-0.39, 0.29) is 29.5 Å². The number of nitrogens with one attached hydrogen (secondary N) is 1. The summed E-state index contributed by atoms with van der Waals surface area (Å²) in [6.07, 6.45) is 1.21. The second-order valence-corrected chi connectivity index (χ2v) is 7.10. The number of anilines is 2. The highest BCUT2D eigenvalue weighted by Crippen LogP contribution is 2.29. The van der Waals surface area contributed by atoms with Crippen LogP contribution in [0.2, 0.25) is 0 Å². The monoisotopic (exact) mass is 416 g/mol. The Morgan fingerprint density at radius 2 is 1.93 bits per heavy atom. The van der Waals surface area contributed by atoms with Gasteiger partial charge in [-0.1, -0.05) is 0 Å². The zero-order valence-electron chi connectivity index (χ0n) is 16.8. The Morgan fingerprint density at radius 3 is 2.63 bits per heavy atom. The number of nitro benzene ring substituents is 1. The molecule has 0 unspecified atom stereocenters. The molecule has 3 rings (SSSR count). The minimum absolute atomic E-state index is 0.112. The van der Waals surface area contributed by atoms with Crippen molar-refractivity contribution in [3.8, 4) is 5.75 Å². The molecule has 1 N–H and O–H groups in total. The first-order valence-corrected chi connectivity index (χ1v) is 9.81. The van der Waals surface area contributed by atoms with Crippen LogP contribution in [0.3, 0.4) is 0 Å². The Hall–Kier alpha value is -3.20. The molecule has 9 heteroatoms. The summed E-state index contributed by atoms with van der Waals surface area (Å²) in [6.45, 7) is 3.92. The van der Waals surface area contributed by atoms with Crippen molar-refractivity contribution in [3.63, 3.8) is 0 Å². The average molecular weight is 416 g/mol. The molecule has 1 aliphatic rings. The molecule has 2 aromatic rings. The molecule has 1 fully saturated rings. The molecule has 30 heavy (non-hydrogen) atoms. The molecule has 0 bridgehead atoms. The largest absolute Gasteiger partial charge is 0.495 e. The van der Waals surface area contributed by atoms with E-state index in [1.165, 1.54) is 37.4 Å². The van der Waals surface area contributed by atoms with Crippen LogP contribution < -0.4 is 15.0 Å². The van der Waals surface area contributed by atoms with Gasteiger partial charge in [-0.2, -0.15) is 0 Å². The summed E-state index contributed by atoms with van der Waals surface area (Å²) in [5.74, 6) is -0.103. The van der Waals surface area contributed by atoms with E-state index in [9.17, 15) is 19.3 Å². The van der Waals surface area contributed by atoms with Crippen molar-refractivity contribution in [2.45, 2.75) is 12.8 Å². The van der Waals surface area contributed by atoms with E-state index >= 15 is 0 Å². The standard InChI is InChI=1S/C21H25FN4O4/c1-30-20-8-7-18(26(28)29)15-19(20)23-21(27)9-12-24-10-2-11-25(14-13-24)17-5-3-16(22)4-6-17/h3-8,15H,2,9-14H2,1H3,(H,23,27). The van der Waals surface area contributed by atoms with Gasteiger partial charge in [0.25, 0.3) is 5.69 Å². The fourth-order valence-electron chi connectivity index (χ4n) is 3.48. The minimum Gasteiger partial charge on any atom is -0.495 e. The van der Waals surface area contributed by atoms with Crippen molar-refractivity contribution in [2.75, 3.05) is 50.1 Å². The molecule has 0 aliphatic carbocycles. The predicted molar refractivity (Wildman–Crippen MR) is 113 cm³/mol. The third kappa shape index (κ3) is 5.66. The van der Waals surface area contributed by atoms with Crippen LogP contribution in [0, 0.1) is 15.9 Å². The van der Waals surface area contributed by atoms with E-state index < -0.39 is 4.92 Å². The lowest BCUT2D eigenvalue weighted by Gasteiger charge is -2.23. The molecule has 0 atom stereocenters. The number of hydrogen-bond donors (Lipinski definition) is 1. The molecule has 0 radical (unpaired) electrons. The number of benzene rings is 2. The normalized spacial score (nSPS) is 14.8. The summed E-state index contributed by atoms with van der Waals surface area (Å²) in [5, 5.41) is 13.7. The summed E-state index contributed by atoms with van der Waals surface area (Å²) < 4.78 is 18.3. The highest BCUT2D eigenvalue weighted by Gasteiger charge is 2.17. The summed E-state index contributed by atoms with van der Waals surface area (Å²) in [5.41, 5.74) is 1.17. The van der Waals surface area contributed by atoms with E-state index in [1.54, 1.807) is 12.1 Å². The number of methoxy groups -OCH3 is 1. The van der Waals surface area contributed by atoms with Crippen LogP contribution in [0.4, 0.5) is 21.5 Å². The second kappa shape index (κ2) is 10.0. The quantitative estimate of drug-likeness (QED) is 0.551.